The van der Waals surface area contributed by atoms with Gasteiger partial charge in [0.05, 0.1) is 12.3 Å². The maximum Gasteiger partial charge on any atom is 0.142 e. The molecule has 0 spiro atoms. The summed E-state index contributed by atoms with van der Waals surface area (Å²) in [5, 5.41) is 22.7. The van der Waals surface area contributed by atoms with Crippen molar-refractivity contribution < 1.29 is 10.2 Å². The molecule has 0 aliphatic heterocycles. The van der Waals surface area contributed by atoms with E-state index in [9.17, 15) is 10.2 Å². The molecule has 1 aromatic carbocycles. The lowest BCUT2D eigenvalue weighted by Crippen LogP contribution is -2.05. The number of rotatable bonds is 5. The summed E-state index contributed by atoms with van der Waals surface area (Å²) in [6.07, 6.45) is 2.59. The molecular formula is C16H20N2O2. The summed E-state index contributed by atoms with van der Waals surface area (Å²) in [7, 11) is 0. The van der Waals surface area contributed by atoms with Crippen LogP contribution in [0.1, 0.15) is 29.3 Å². The van der Waals surface area contributed by atoms with E-state index in [0.717, 1.165) is 12.1 Å². The molecule has 0 amide bonds. The van der Waals surface area contributed by atoms with Gasteiger partial charge in [-0.2, -0.15) is 0 Å². The predicted octanol–water partition coefficient (Wildman–Crippen LogP) is 2.76. The van der Waals surface area contributed by atoms with E-state index in [4.69, 9.17) is 0 Å². The molecule has 0 saturated carbocycles. The number of aliphatic hydroxyl groups excluding tert-OH is 1. The Bertz CT molecular complexity index is 597. The molecule has 4 nitrogen and oxygen atoms in total. The topological polar surface area (TPSA) is 65.4 Å². The van der Waals surface area contributed by atoms with Gasteiger partial charge in [0.2, 0.25) is 0 Å². The Morgan fingerprint density at radius 3 is 2.80 bits per heavy atom. The van der Waals surface area contributed by atoms with Crippen molar-refractivity contribution in [1.82, 2.24) is 4.98 Å². The first-order valence-corrected chi connectivity index (χ1v) is 6.75. The second kappa shape index (κ2) is 6.39. The van der Waals surface area contributed by atoms with Gasteiger partial charge in [-0.25, -0.2) is 0 Å². The molecule has 2 aromatic rings. The average Bonchev–Trinajstić information content (AvgIpc) is 2.49. The Kier molecular flexibility index (Phi) is 4.58. The van der Waals surface area contributed by atoms with E-state index in [1.54, 1.807) is 13.1 Å². The monoisotopic (exact) mass is 272 g/mol. The van der Waals surface area contributed by atoms with Crippen LogP contribution in [0.4, 0.5) is 5.69 Å². The maximum absolute atomic E-state index is 10.1. The molecule has 0 fully saturated rings. The number of aliphatic hydroxyl groups is 1. The number of hydrogen-bond acceptors (Lipinski definition) is 4. The third-order valence-corrected chi connectivity index (χ3v) is 3.41. The van der Waals surface area contributed by atoms with E-state index < -0.39 is 0 Å². The van der Waals surface area contributed by atoms with Crippen molar-refractivity contribution >= 4 is 5.69 Å². The summed E-state index contributed by atoms with van der Waals surface area (Å²) in [6, 6.07) is 8.16. The maximum atomic E-state index is 10.1. The summed E-state index contributed by atoms with van der Waals surface area (Å²) in [4.78, 5) is 4.05. The van der Waals surface area contributed by atoms with Crippen LogP contribution in [0.2, 0.25) is 0 Å². The second-order valence-corrected chi connectivity index (χ2v) is 4.76. The van der Waals surface area contributed by atoms with Gasteiger partial charge in [0.25, 0.3) is 0 Å². The highest BCUT2D eigenvalue weighted by Crippen LogP contribution is 2.25. The largest absolute Gasteiger partial charge is 0.506 e. The van der Waals surface area contributed by atoms with Crippen molar-refractivity contribution in [3.8, 4) is 5.75 Å². The Balaban J connectivity index is 2.20. The van der Waals surface area contributed by atoms with Gasteiger partial charge in [-0.15, -0.1) is 0 Å². The molecule has 0 radical (unpaired) electrons. The lowest BCUT2D eigenvalue weighted by atomic mass is 10.1. The van der Waals surface area contributed by atoms with Crippen molar-refractivity contribution in [2.45, 2.75) is 33.4 Å². The number of nitrogens with zero attached hydrogens (tertiary/aromatic N) is 1. The smallest absolute Gasteiger partial charge is 0.142 e. The highest BCUT2D eigenvalue weighted by molar-refractivity contribution is 5.49. The number of anilines is 1. The molecule has 0 bridgehead atoms. The van der Waals surface area contributed by atoms with E-state index in [1.165, 1.54) is 5.56 Å². The first kappa shape index (κ1) is 14.3. The van der Waals surface area contributed by atoms with Crippen molar-refractivity contribution in [1.29, 1.82) is 0 Å². The minimum absolute atomic E-state index is 0.132. The average molecular weight is 272 g/mol. The zero-order valence-electron chi connectivity index (χ0n) is 11.8. The Morgan fingerprint density at radius 2 is 2.10 bits per heavy atom. The van der Waals surface area contributed by atoms with Gasteiger partial charge in [-0.3, -0.25) is 4.98 Å². The number of aryl methyl sites for hydroxylation is 2. The van der Waals surface area contributed by atoms with Crippen molar-refractivity contribution in [3.05, 3.63) is 52.8 Å². The fraction of sp³-hybridized carbons (Fsp3) is 0.312. The fourth-order valence-corrected chi connectivity index (χ4v) is 2.11. The molecule has 2 rings (SSSR count). The summed E-state index contributed by atoms with van der Waals surface area (Å²) in [6.45, 7) is 4.18. The summed E-state index contributed by atoms with van der Waals surface area (Å²) in [5.41, 5.74) is 4.17. The molecule has 3 N–H and O–H groups in total. The first-order valence-electron chi connectivity index (χ1n) is 6.75. The Morgan fingerprint density at radius 1 is 1.30 bits per heavy atom. The quantitative estimate of drug-likeness (QED) is 0.783. The SMILES string of the molecule is CCc1cccc(NCc2c(CO)cnc(C)c2O)c1. The van der Waals surface area contributed by atoms with Crippen LogP contribution in [-0.2, 0) is 19.6 Å². The van der Waals surface area contributed by atoms with Gasteiger partial charge in [0.15, 0.2) is 0 Å². The molecule has 4 heteroatoms. The van der Waals surface area contributed by atoms with Gasteiger partial charge >= 0.3 is 0 Å². The number of pyridine rings is 1. The van der Waals surface area contributed by atoms with Crippen LogP contribution in [0.25, 0.3) is 0 Å². The zero-order chi connectivity index (χ0) is 14.5. The van der Waals surface area contributed by atoms with Crippen LogP contribution in [-0.4, -0.2) is 15.2 Å². The normalized spacial score (nSPS) is 10.6. The van der Waals surface area contributed by atoms with E-state index >= 15 is 0 Å². The van der Waals surface area contributed by atoms with Crippen molar-refractivity contribution in [3.63, 3.8) is 0 Å². The van der Waals surface area contributed by atoms with Crippen LogP contribution in [0.5, 0.6) is 5.75 Å². The molecule has 0 aliphatic carbocycles. The molecule has 20 heavy (non-hydrogen) atoms. The standard InChI is InChI=1S/C16H20N2O2/c1-3-12-5-4-6-14(7-12)18-9-15-13(10-19)8-17-11(2)16(15)20/h4-8,18-20H,3,9-10H2,1-2H3. The van der Waals surface area contributed by atoms with Crippen LogP contribution in [0, 0.1) is 6.92 Å². The summed E-state index contributed by atoms with van der Waals surface area (Å²) >= 11 is 0. The van der Waals surface area contributed by atoms with Gasteiger partial charge in [-0.1, -0.05) is 19.1 Å². The third-order valence-electron chi connectivity index (χ3n) is 3.41. The Hall–Kier alpha value is -2.07. The molecule has 106 valence electrons. The molecule has 0 aliphatic rings. The molecule has 1 aromatic heterocycles. The molecule has 0 saturated heterocycles. The van der Waals surface area contributed by atoms with E-state index in [1.807, 2.05) is 12.1 Å². The molecule has 0 atom stereocenters. The lowest BCUT2D eigenvalue weighted by Gasteiger charge is -2.13. The van der Waals surface area contributed by atoms with Crippen LogP contribution < -0.4 is 5.32 Å². The van der Waals surface area contributed by atoms with Crippen LogP contribution in [0.3, 0.4) is 0 Å². The van der Waals surface area contributed by atoms with Crippen molar-refractivity contribution in [2.75, 3.05) is 5.32 Å². The Labute approximate surface area is 119 Å². The van der Waals surface area contributed by atoms with Crippen LogP contribution in [0.15, 0.2) is 30.5 Å². The third kappa shape index (κ3) is 3.08. The first-order chi connectivity index (χ1) is 9.65. The minimum atomic E-state index is -0.132. The molecule has 0 unspecified atom stereocenters. The van der Waals surface area contributed by atoms with Gasteiger partial charge in [0.1, 0.15) is 5.75 Å². The van der Waals surface area contributed by atoms with Crippen LogP contribution >= 0.6 is 0 Å². The summed E-state index contributed by atoms with van der Waals surface area (Å²) < 4.78 is 0. The van der Waals surface area contributed by atoms with E-state index in [2.05, 4.69) is 29.4 Å². The van der Waals surface area contributed by atoms with Gasteiger partial charge in [0, 0.05) is 29.6 Å². The number of benzene rings is 1. The fourth-order valence-electron chi connectivity index (χ4n) is 2.11. The zero-order valence-corrected chi connectivity index (χ0v) is 11.8. The van der Waals surface area contributed by atoms with Gasteiger partial charge < -0.3 is 15.5 Å². The highest BCUT2D eigenvalue weighted by Gasteiger charge is 2.11. The number of nitrogens with one attached hydrogen (secondary N) is 1. The number of hydrogen-bond donors (Lipinski definition) is 3. The predicted molar refractivity (Wildman–Crippen MR) is 79.7 cm³/mol. The summed E-state index contributed by atoms with van der Waals surface area (Å²) in [5.74, 6) is 0.149. The number of aromatic nitrogens is 1. The molecular weight excluding hydrogens is 252 g/mol. The number of aromatic hydroxyl groups is 1. The lowest BCUT2D eigenvalue weighted by molar-refractivity contribution is 0.279. The minimum Gasteiger partial charge on any atom is -0.506 e. The van der Waals surface area contributed by atoms with Crippen molar-refractivity contribution in [2.24, 2.45) is 0 Å². The highest BCUT2D eigenvalue weighted by atomic mass is 16.3. The van der Waals surface area contributed by atoms with Gasteiger partial charge in [-0.05, 0) is 31.0 Å². The molecule has 1 heterocycles. The van der Waals surface area contributed by atoms with E-state index in [0.29, 0.717) is 23.4 Å². The second-order valence-electron chi connectivity index (χ2n) is 4.76. The van der Waals surface area contributed by atoms with E-state index in [-0.39, 0.29) is 12.4 Å².